The summed E-state index contributed by atoms with van der Waals surface area (Å²) in [5, 5.41) is 4.49. The van der Waals surface area contributed by atoms with Gasteiger partial charge < -0.3 is 11.1 Å². The molecule has 21 heavy (non-hydrogen) atoms. The minimum absolute atomic E-state index is 0.0281. The van der Waals surface area contributed by atoms with Gasteiger partial charge >= 0.3 is 0 Å². The molecule has 2 nitrogen and oxygen atoms in total. The Morgan fingerprint density at radius 3 is 2.38 bits per heavy atom. The number of anilines is 1. The smallest absolute Gasteiger partial charge is 0.0495 e. The van der Waals surface area contributed by atoms with Crippen LogP contribution in [0.25, 0.3) is 0 Å². The van der Waals surface area contributed by atoms with Gasteiger partial charge in [-0.3, -0.25) is 0 Å². The van der Waals surface area contributed by atoms with Gasteiger partial charge in [0.25, 0.3) is 0 Å². The van der Waals surface area contributed by atoms with E-state index in [1.165, 1.54) is 12.8 Å². The molecule has 0 bridgehead atoms. The SMILES string of the molecule is Cc1ccc(NC2(CN)CCC(C(C)(C)C)CC2)cc1Cl. The molecule has 0 aliphatic heterocycles. The molecule has 0 radical (unpaired) electrons. The molecule has 0 atom stereocenters. The lowest BCUT2D eigenvalue weighted by Crippen LogP contribution is -2.49. The zero-order chi connectivity index (χ0) is 15.7. The average Bonchev–Trinajstić information content (AvgIpc) is 2.42. The van der Waals surface area contributed by atoms with E-state index in [0.717, 1.165) is 35.0 Å². The van der Waals surface area contributed by atoms with Crippen LogP contribution in [0.15, 0.2) is 18.2 Å². The Kier molecular flexibility index (Phi) is 4.89. The fraction of sp³-hybridized carbons (Fsp3) is 0.667. The number of benzene rings is 1. The molecule has 0 unspecified atom stereocenters. The highest BCUT2D eigenvalue weighted by atomic mass is 35.5. The van der Waals surface area contributed by atoms with E-state index in [2.05, 4.69) is 38.2 Å². The first-order chi connectivity index (χ1) is 9.76. The molecule has 1 saturated carbocycles. The second-order valence-corrected chi connectivity index (χ2v) is 8.12. The molecule has 2 rings (SSSR count). The van der Waals surface area contributed by atoms with Crippen molar-refractivity contribution in [1.29, 1.82) is 0 Å². The number of halogens is 1. The zero-order valence-electron chi connectivity index (χ0n) is 13.8. The molecule has 1 aliphatic rings. The number of nitrogens with two attached hydrogens (primary N) is 1. The maximum Gasteiger partial charge on any atom is 0.0495 e. The quantitative estimate of drug-likeness (QED) is 0.825. The molecule has 1 aliphatic carbocycles. The Labute approximate surface area is 134 Å². The number of nitrogens with one attached hydrogen (secondary N) is 1. The summed E-state index contributed by atoms with van der Waals surface area (Å²) in [5.74, 6) is 0.792. The van der Waals surface area contributed by atoms with E-state index in [1.807, 2.05) is 13.0 Å². The van der Waals surface area contributed by atoms with E-state index >= 15 is 0 Å². The Bertz CT molecular complexity index is 482. The van der Waals surface area contributed by atoms with Crippen LogP contribution in [-0.2, 0) is 0 Å². The standard InChI is InChI=1S/C18H29ClN2/c1-13-5-6-15(11-16(13)19)21-18(12-20)9-7-14(8-10-18)17(2,3)4/h5-6,11,14,21H,7-10,12,20H2,1-4H3. The molecular weight excluding hydrogens is 280 g/mol. The van der Waals surface area contributed by atoms with Gasteiger partial charge in [0.05, 0.1) is 0 Å². The van der Waals surface area contributed by atoms with Crippen LogP contribution in [0.5, 0.6) is 0 Å². The lowest BCUT2D eigenvalue weighted by Gasteiger charge is -2.44. The molecule has 1 aromatic carbocycles. The third-order valence-corrected chi connectivity index (χ3v) is 5.55. The maximum atomic E-state index is 6.23. The largest absolute Gasteiger partial charge is 0.378 e. The Balaban J connectivity index is 2.08. The summed E-state index contributed by atoms with van der Waals surface area (Å²) in [6, 6.07) is 6.19. The average molecular weight is 309 g/mol. The first-order valence-electron chi connectivity index (χ1n) is 8.00. The first kappa shape index (κ1) is 16.6. The maximum absolute atomic E-state index is 6.23. The second kappa shape index (κ2) is 6.18. The predicted octanol–water partition coefficient (Wildman–Crippen LogP) is 4.99. The second-order valence-electron chi connectivity index (χ2n) is 7.71. The molecule has 1 aromatic rings. The molecule has 0 heterocycles. The Morgan fingerprint density at radius 2 is 1.90 bits per heavy atom. The summed E-state index contributed by atoms with van der Waals surface area (Å²) in [5.41, 5.74) is 8.74. The topological polar surface area (TPSA) is 38.0 Å². The van der Waals surface area contributed by atoms with Gasteiger partial charge in [-0.2, -0.15) is 0 Å². The minimum atomic E-state index is 0.0281. The van der Waals surface area contributed by atoms with E-state index in [-0.39, 0.29) is 5.54 Å². The van der Waals surface area contributed by atoms with Crippen molar-refractivity contribution in [2.75, 3.05) is 11.9 Å². The molecule has 118 valence electrons. The summed E-state index contributed by atoms with van der Waals surface area (Å²) in [6.07, 6.45) is 4.76. The van der Waals surface area contributed by atoms with Gasteiger partial charge in [0.2, 0.25) is 0 Å². The van der Waals surface area contributed by atoms with Crippen LogP contribution in [0.2, 0.25) is 5.02 Å². The third-order valence-electron chi connectivity index (χ3n) is 5.14. The van der Waals surface area contributed by atoms with Gasteiger partial charge in [-0.25, -0.2) is 0 Å². The monoisotopic (exact) mass is 308 g/mol. The molecule has 3 heteroatoms. The highest BCUT2D eigenvalue weighted by molar-refractivity contribution is 6.31. The van der Waals surface area contributed by atoms with Crippen molar-refractivity contribution >= 4 is 17.3 Å². The molecule has 1 fully saturated rings. The molecule has 3 N–H and O–H groups in total. The van der Waals surface area contributed by atoms with Crippen molar-refractivity contribution in [3.8, 4) is 0 Å². The molecule has 0 amide bonds. The molecule has 0 spiro atoms. The van der Waals surface area contributed by atoms with Gasteiger partial charge in [-0.1, -0.05) is 38.4 Å². The number of hydrogen-bond acceptors (Lipinski definition) is 2. The summed E-state index contributed by atoms with van der Waals surface area (Å²) in [6.45, 7) is 9.75. The zero-order valence-corrected chi connectivity index (χ0v) is 14.6. The van der Waals surface area contributed by atoms with E-state index in [0.29, 0.717) is 12.0 Å². The van der Waals surface area contributed by atoms with Crippen LogP contribution >= 0.6 is 11.6 Å². The lowest BCUT2D eigenvalue weighted by molar-refractivity contribution is 0.145. The summed E-state index contributed by atoms with van der Waals surface area (Å²) < 4.78 is 0. The third kappa shape index (κ3) is 3.92. The first-order valence-corrected chi connectivity index (χ1v) is 8.38. The summed E-state index contributed by atoms with van der Waals surface area (Å²) in [4.78, 5) is 0. The highest BCUT2D eigenvalue weighted by Gasteiger charge is 2.37. The molecule has 0 aromatic heterocycles. The van der Waals surface area contributed by atoms with Crippen molar-refractivity contribution in [3.05, 3.63) is 28.8 Å². The van der Waals surface area contributed by atoms with Crippen LogP contribution in [-0.4, -0.2) is 12.1 Å². The summed E-state index contributed by atoms with van der Waals surface area (Å²) >= 11 is 6.23. The van der Waals surface area contributed by atoms with Crippen molar-refractivity contribution in [3.63, 3.8) is 0 Å². The van der Waals surface area contributed by atoms with E-state index in [9.17, 15) is 0 Å². The van der Waals surface area contributed by atoms with Crippen molar-refractivity contribution < 1.29 is 0 Å². The Hall–Kier alpha value is -0.730. The van der Waals surface area contributed by atoms with Crippen molar-refractivity contribution in [2.24, 2.45) is 17.1 Å². The minimum Gasteiger partial charge on any atom is -0.378 e. The fourth-order valence-electron chi connectivity index (χ4n) is 3.39. The van der Waals surface area contributed by atoms with Gasteiger partial charge in [-0.05, 0) is 61.6 Å². The molecular formula is C18H29ClN2. The van der Waals surface area contributed by atoms with Crippen LogP contribution in [0.3, 0.4) is 0 Å². The van der Waals surface area contributed by atoms with Crippen LogP contribution in [0, 0.1) is 18.3 Å². The van der Waals surface area contributed by atoms with Gasteiger partial charge in [0.15, 0.2) is 0 Å². The van der Waals surface area contributed by atoms with Gasteiger partial charge in [-0.15, -0.1) is 0 Å². The number of aryl methyl sites for hydroxylation is 1. The van der Waals surface area contributed by atoms with Crippen molar-refractivity contribution in [2.45, 2.75) is 58.9 Å². The van der Waals surface area contributed by atoms with Gasteiger partial charge in [0, 0.05) is 22.8 Å². The number of hydrogen-bond donors (Lipinski definition) is 2. The van der Waals surface area contributed by atoms with Crippen LogP contribution < -0.4 is 11.1 Å². The van der Waals surface area contributed by atoms with E-state index in [4.69, 9.17) is 17.3 Å². The van der Waals surface area contributed by atoms with Gasteiger partial charge in [0.1, 0.15) is 0 Å². The highest BCUT2D eigenvalue weighted by Crippen LogP contribution is 2.42. The summed E-state index contributed by atoms with van der Waals surface area (Å²) in [7, 11) is 0. The van der Waals surface area contributed by atoms with E-state index in [1.54, 1.807) is 0 Å². The Morgan fingerprint density at radius 1 is 1.29 bits per heavy atom. The normalized spacial score (nSPS) is 26.7. The molecule has 0 saturated heterocycles. The predicted molar refractivity (Wildman–Crippen MR) is 93.0 cm³/mol. The van der Waals surface area contributed by atoms with Crippen molar-refractivity contribution in [1.82, 2.24) is 0 Å². The van der Waals surface area contributed by atoms with Crippen LogP contribution in [0.1, 0.15) is 52.0 Å². The number of rotatable bonds is 3. The van der Waals surface area contributed by atoms with E-state index < -0.39 is 0 Å². The fourth-order valence-corrected chi connectivity index (χ4v) is 3.57. The van der Waals surface area contributed by atoms with Crippen LogP contribution in [0.4, 0.5) is 5.69 Å². The lowest BCUT2D eigenvalue weighted by atomic mass is 9.67.